The van der Waals surface area contributed by atoms with E-state index in [0.29, 0.717) is 5.92 Å². The quantitative estimate of drug-likeness (QED) is 0.774. The molecule has 2 nitrogen and oxygen atoms in total. The first kappa shape index (κ1) is 10.6. The molecule has 1 aliphatic rings. The summed E-state index contributed by atoms with van der Waals surface area (Å²) in [5, 5.41) is 12.5. The Bertz CT molecular complexity index is 312. The third kappa shape index (κ3) is 2.36. The fourth-order valence-corrected chi connectivity index (χ4v) is 2.26. The summed E-state index contributed by atoms with van der Waals surface area (Å²) < 4.78 is 12.8. The molecule has 15 heavy (non-hydrogen) atoms. The van der Waals surface area contributed by atoms with Gasteiger partial charge in [0.05, 0.1) is 0 Å². The molecule has 0 radical (unpaired) electrons. The van der Waals surface area contributed by atoms with E-state index in [0.717, 1.165) is 25.1 Å². The first-order valence-electron chi connectivity index (χ1n) is 5.38. The van der Waals surface area contributed by atoms with Crippen LogP contribution in [0.25, 0.3) is 0 Å². The van der Waals surface area contributed by atoms with Crippen LogP contribution in [0.15, 0.2) is 24.3 Å². The molecule has 2 rings (SSSR count). The van der Waals surface area contributed by atoms with Gasteiger partial charge >= 0.3 is 0 Å². The van der Waals surface area contributed by atoms with Crippen LogP contribution in [0, 0.1) is 11.7 Å². The number of hydrogen-bond donors (Lipinski definition) is 2. The predicted molar refractivity (Wildman–Crippen MR) is 57.2 cm³/mol. The standard InChI is InChI=1S/C12H16FNO/c13-11-3-1-9(2-4-11)12-5-6-14-7-10(12)8-15/h1-4,10,12,14-15H,5-8H2/t10-,12?/m0/s1. The largest absolute Gasteiger partial charge is 0.396 e. The first-order chi connectivity index (χ1) is 7.31. The van der Waals surface area contributed by atoms with Crippen molar-refractivity contribution in [2.45, 2.75) is 12.3 Å². The van der Waals surface area contributed by atoms with E-state index in [-0.39, 0.29) is 18.3 Å². The Hall–Kier alpha value is -0.930. The van der Waals surface area contributed by atoms with Crippen molar-refractivity contribution in [1.29, 1.82) is 0 Å². The molecule has 1 aromatic carbocycles. The number of aliphatic hydroxyl groups is 1. The van der Waals surface area contributed by atoms with Gasteiger partial charge in [-0.3, -0.25) is 0 Å². The lowest BCUT2D eigenvalue weighted by atomic mass is 9.82. The van der Waals surface area contributed by atoms with Crippen molar-refractivity contribution in [3.8, 4) is 0 Å². The highest BCUT2D eigenvalue weighted by Crippen LogP contribution is 2.29. The van der Waals surface area contributed by atoms with Crippen molar-refractivity contribution in [2.24, 2.45) is 5.92 Å². The Morgan fingerprint density at radius 3 is 2.73 bits per heavy atom. The molecule has 82 valence electrons. The fourth-order valence-electron chi connectivity index (χ4n) is 2.26. The Labute approximate surface area is 89.1 Å². The number of nitrogens with one attached hydrogen (secondary N) is 1. The summed E-state index contributed by atoms with van der Waals surface area (Å²) in [6.45, 7) is 2.01. The van der Waals surface area contributed by atoms with Gasteiger partial charge in [0.2, 0.25) is 0 Å². The molecular weight excluding hydrogens is 193 g/mol. The second-order valence-corrected chi connectivity index (χ2v) is 4.09. The number of rotatable bonds is 2. The average molecular weight is 209 g/mol. The van der Waals surface area contributed by atoms with Crippen LogP contribution in [0.4, 0.5) is 4.39 Å². The van der Waals surface area contributed by atoms with Crippen LogP contribution in [-0.4, -0.2) is 24.8 Å². The molecule has 1 unspecified atom stereocenters. The molecule has 2 N–H and O–H groups in total. The van der Waals surface area contributed by atoms with Gasteiger partial charge in [0.1, 0.15) is 5.82 Å². The number of hydrogen-bond acceptors (Lipinski definition) is 2. The monoisotopic (exact) mass is 209 g/mol. The second-order valence-electron chi connectivity index (χ2n) is 4.09. The van der Waals surface area contributed by atoms with Crippen molar-refractivity contribution < 1.29 is 9.50 Å². The van der Waals surface area contributed by atoms with Crippen LogP contribution in [0.3, 0.4) is 0 Å². The van der Waals surface area contributed by atoms with Gasteiger partial charge in [-0.15, -0.1) is 0 Å². The molecule has 0 spiro atoms. The maximum Gasteiger partial charge on any atom is 0.123 e. The topological polar surface area (TPSA) is 32.3 Å². The van der Waals surface area contributed by atoms with E-state index in [2.05, 4.69) is 5.32 Å². The van der Waals surface area contributed by atoms with Crippen LogP contribution < -0.4 is 5.32 Å². The third-order valence-corrected chi connectivity index (χ3v) is 3.14. The zero-order chi connectivity index (χ0) is 10.7. The maximum absolute atomic E-state index is 12.8. The molecular formula is C12H16FNO. The van der Waals surface area contributed by atoms with Crippen LogP contribution in [0.2, 0.25) is 0 Å². The van der Waals surface area contributed by atoms with Gasteiger partial charge in [-0.1, -0.05) is 12.1 Å². The van der Waals surface area contributed by atoms with Crippen molar-refractivity contribution in [3.63, 3.8) is 0 Å². The summed E-state index contributed by atoms with van der Waals surface area (Å²) in [6.07, 6.45) is 1.01. The summed E-state index contributed by atoms with van der Waals surface area (Å²) in [5.74, 6) is 0.411. The SMILES string of the molecule is OC[C@@H]1CNCCC1c1ccc(F)cc1. The number of halogens is 1. The predicted octanol–water partition coefficient (Wildman–Crippen LogP) is 1.51. The van der Waals surface area contributed by atoms with Crippen molar-refractivity contribution in [1.82, 2.24) is 5.32 Å². The average Bonchev–Trinajstić information content (AvgIpc) is 2.30. The summed E-state index contributed by atoms with van der Waals surface area (Å²) in [5.41, 5.74) is 1.14. The van der Waals surface area contributed by atoms with Crippen molar-refractivity contribution >= 4 is 0 Å². The van der Waals surface area contributed by atoms with Gasteiger partial charge in [0, 0.05) is 19.1 Å². The highest BCUT2D eigenvalue weighted by Gasteiger charge is 2.25. The van der Waals surface area contributed by atoms with Gasteiger partial charge in [-0.05, 0) is 36.6 Å². The molecule has 2 atom stereocenters. The lowest BCUT2D eigenvalue weighted by Gasteiger charge is -2.31. The minimum absolute atomic E-state index is 0.190. The van der Waals surface area contributed by atoms with Crippen LogP contribution >= 0.6 is 0 Å². The molecule has 0 amide bonds. The van der Waals surface area contributed by atoms with E-state index >= 15 is 0 Å². The summed E-state index contributed by atoms with van der Waals surface area (Å²) in [4.78, 5) is 0. The lowest BCUT2D eigenvalue weighted by Crippen LogP contribution is -2.37. The van der Waals surface area contributed by atoms with Crippen molar-refractivity contribution in [3.05, 3.63) is 35.6 Å². The van der Waals surface area contributed by atoms with Gasteiger partial charge in [0.25, 0.3) is 0 Å². The fraction of sp³-hybridized carbons (Fsp3) is 0.500. The van der Waals surface area contributed by atoms with E-state index in [1.54, 1.807) is 0 Å². The van der Waals surface area contributed by atoms with Gasteiger partial charge < -0.3 is 10.4 Å². The third-order valence-electron chi connectivity index (χ3n) is 3.14. The Balaban J connectivity index is 2.16. The molecule has 0 aromatic heterocycles. The van der Waals surface area contributed by atoms with E-state index < -0.39 is 0 Å². The highest BCUT2D eigenvalue weighted by molar-refractivity contribution is 5.22. The van der Waals surface area contributed by atoms with E-state index in [4.69, 9.17) is 0 Å². The lowest BCUT2D eigenvalue weighted by molar-refractivity contribution is 0.179. The molecule has 1 aliphatic heterocycles. The number of piperidine rings is 1. The van der Waals surface area contributed by atoms with Crippen LogP contribution in [0.5, 0.6) is 0 Å². The molecule has 3 heteroatoms. The maximum atomic E-state index is 12.8. The summed E-state index contributed by atoms with van der Waals surface area (Å²) in [7, 11) is 0. The van der Waals surface area contributed by atoms with E-state index in [1.807, 2.05) is 12.1 Å². The summed E-state index contributed by atoms with van der Waals surface area (Å²) in [6, 6.07) is 6.64. The first-order valence-corrected chi connectivity index (χ1v) is 5.38. The summed E-state index contributed by atoms with van der Waals surface area (Å²) >= 11 is 0. The smallest absolute Gasteiger partial charge is 0.123 e. The van der Waals surface area contributed by atoms with Crippen LogP contribution in [-0.2, 0) is 0 Å². The Morgan fingerprint density at radius 2 is 2.07 bits per heavy atom. The Morgan fingerprint density at radius 1 is 1.33 bits per heavy atom. The zero-order valence-corrected chi connectivity index (χ0v) is 8.62. The van der Waals surface area contributed by atoms with Gasteiger partial charge in [0.15, 0.2) is 0 Å². The number of aliphatic hydroxyl groups excluding tert-OH is 1. The van der Waals surface area contributed by atoms with Crippen molar-refractivity contribution in [2.75, 3.05) is 19.7 Å². The molecule has 1 saturated heterocycles. The second kappa shape index (κ2) is 4.73. The zero-order valence-electron chi connectivity index (χ0n) is 8.62. The van der Waals surface area contributed by atoms with E-state index in [1.165, 1.54) is 12.1 Å². The van der Waals surface area contributed by atoms with E-state index in [9.17, 15) is 9.50 Å². The van der Waals surface area contributed by atoms with Crippen LogP contribution in [0.1, 0.15) is 17.9 Å². The Kier molecular flexibility index (Phi) is 3.34. The molecule has 1 fully saturated rings. The molecule has 1 heterocycles. The van der Waals surface area contributed by atoms with Gasteiger partial charge in [-0.25, -0.2) is 4.39 Å². The minimum atomic E-state index is -0.201. The normalized spacial score (nSPS) is 26.5. The highest BCUT2D eigenvalue weighted by atomic mass is 19.1. The van der Waals surface area contributed by atoms with Gasteiger partial charge in [-0.2, -0.15) is 0 Å². The molecule has 0 aliphatic carbocycles. The molecule has 0 saturated carbocycles. The number of benzene rings is 1. The molecule has 0 bridgehead atoms. The molecule has 1 aromatic rings. The minimum Gasteiger partial charge on any atom is -0.396 e.